The molecular weight excluding hydrogens is 275 g/mol. The van der Waals surface area contributed by atoms with Gasteiger partial charge in [-0.05, 0) is 6.07 Å². The summed E-state index contributed by atoms with van der Waals surface area (Å²) in [6.07, 6.45) is -4.12. The minimum absolute atomic E-state index is 0. The minimum Gasteiger partial charge on any atom is -0.330 e. The first-order valence-corrected chi connectivity index (χ1v) is 4.64. The lowest BCUT2D eigenvalue weighted by atomic mass is 10.2. The number of nitrogens with one attached hydrogen (secondary N) is 2. The lowest BCUT2D eigenvalue weighted by Crippen LogP contribution is -2.23. The van der Waals surface area contributed by atoms with Gasteiger partial charge < -0.3 is 16.0 Å². The molecule has 1 amide bonds. The molecule has 1 aromatic heterocycles. The number of hydrogen-bond acceptors (Lipinski definition) is 3. The van der Waals surface area contributed by atoms with Crippen molar-refractivity contribution >= 4 is 24.0 Å². The predicted molar refractivity (Wildman–Crippen MR) is 61.6 cm³/mol. The van der Waals surface area contributed by atoms with Crippen molar-refractivity contribution in [3.63, 3.8) is 0 Å². The van der Waals surface area contributed by atoms with Gasteiger partial charge in [-0.25, -0.2) is 0 Å². The molecule has 0 aliphatic rings. The second-order valence-corrected chi connectivity index (χ2v) is 3.22. The van der Waals surface area contributed by atoms with Crippen molar-refractivity contribution in [1.82, 2.24) is 4.98 Å². The fourth-order valence-electron chi connectivity index (χ4n) is 1.08. The van der Waals surface area contributed by atoms with Gasteiger partial charge in [-0.1, -0.05) is 0 Å². The summed E-state index contributed by atoms with van der Waals surface area (Å²) in [6.45, 7) is 0.0443. The molecule has 4 N–H and O–H groups in total. The number of aromatic amines is 1. The first kappa shape index (κ1) is 16.5. The molecule has 0 aliphatic heterocycles. The second kappa shape index (κ2) is 6.41. The summed E-state index contributed by atoms with van der Waals surface area (Å²) in [4.78, 5) is 24.2. The molecule has 1 heterocycles. The van der Waals surface area contributed by atoms with Crippen LogP contribution in [0.4, 0.5) is 18.9 Å². The number of nitrogens with two attached hydrogens (primary N) is 1. The molecule has 0 fully saturated rings. The van der Waals surface area contributed by atoms with Crippen LogP contribution < -0.4 is 16.6 Å². The Balaban J connectivity index is 0.00000289. The van der Waals surface area contributed by atoms with Gasteiger partial charge in [-0.15, -0.1) is 12.4 Å². The number of carbonyl (C=O) groups is 1. The van der Waals surface area contributed by atoms with Crippen molar-refractivity contribution in [3.8, 4) is 0 Å². The predicted octanol–water partition coefficient (Wildman–Crippen LogP) is 1.10. The van der Waals surface area contributed by atoms with Crippen molar-refractivity contribution in [3.05, 3.63) is 28.2 Å². The molecule has 1 rings (SSSR count). The molecule has 0 bridgehead atoms. The van der Waals surface area contributed by atoms with Gasteiger partial charge in [0.2, 0.25) is 5.91 Å². The summed E-state index contributed by atoms with van der Waals surface area (Å²) in [7, 11) is 0. The Morgan fingerprint density at radius 2 is 2.06 bits per heavy atom. The number of aromatic nitrogens is 1. The normalized spacial score (nSPS) is 10.7. The van der Waals surface area contributed by atoms with Gasteiger partial charge in [0.1, 0.15) is 5.69 Å². The molecule has 5 nitrogen and oxygen atoms in total. The quantitative estimate of drug-likeness (QED) is 0.777. The van der Waals surface area contributed by atoms with Crippen LogP contribution in [0.1, 0.15) is 12.0 Å². The van der Waals surface area contributed by atoms with Crippen LogP contribution in [0.2, 0.25) is 0 Å². The number of carbonyl (C=O) groups excluding carboxylic acids is 1. The number of alkyl halides is 3. The third kappa shape index (κ3) is 4.38. The highest BCUT2D eigenvalue weighted by Crippen LogP contribution is 2.29. The number of anilines is 1. The van der Waals surface area contributed by atoms with Crippen LogP contribution in [-0.2, 0) is 11.0 Å². The van der Waals surface area contributed by atoms with Gasteiger partial charge in [0.15, 0.2) is 0 Å². The monoisotopic (exact) mass is 285 g/mol. The molecule has 0 aromatic carbocycles. The van der Waals surface area contributed by atoms with E-state index in [4.69, 9.17) is 5.73 Å². The van der Waals surface area contributed by atoms with Crippen molar-refractivity contribution in [2.24, 2.45) is 5.73 Å². The first-order valence-electron chi connectivity index (χ1n) is 4.64. The number of halogens is 4. The van der Waals surface area contributed by atoms with Gasteiger partial charge in [-0.2, -0.15) is 13.2 Å². The summed E-state index contributed by atoms with van der Waals surface area (Å²) in [5.74, 6) is -0.614. The minimum atomic E-state index is -4.59. The van der Waals surface area contributed by atoms with E-state index in [1.807, 2.05) is 4.98 Å². The summed E-state index contributed by atoms with van der Waals surface area (Å²) >= 11 is 0. The summed E-state index contributed by atoms with van der Waals surface area (Å²) in [5, 5.41) is 2.06. The first-order chi connectivity index (χ1) is 7.84. The van der Waals surface area contributed by atoms with Crippen LogP contribution in [0.3, 0.4) is 0 Å². The van der Waals surface area contributed by atoms with Crippen LogP contribution in [0, 0.1) is 0 Å². The smallest absolute Gasteiger partial charge is 0.330 e. The third-order valence-electron chi connectivity index (χ3n) is 1.88. The van der Waals surface area contributed by atoms with Gasteiger partial charge in [0, 0.05) is 19.2 Å². The van der Waals surface area contributed by atoms with Gasteiger partial charge in [0.25, 0.3) is 5.56 Å². The molecule has 9 heteroatoms. The number of amides is 1. The van der Waals surface area contributed by atoms with Crippen LogP contribution in [0.15, 0.2) is 17.1 Å². The maximum atomic E-state index is 12.3. The summed E-state index contributed by atoms with van der Waals surface area (Å²) in [6, 6.07) is 0.577. The Hall–Kier alpha value is -1.54. The highest BCUT2D eigenvalue weighted by atomic mass is 35.5. The molecule has 0 spiro atoms. The largest absolute Gasteiger partial charge is 0.417 e. The summed E-state index contributed by atoms with van der Waals surface area (Å²) < 4.78 is 37.0. The van der Waals surface area contributed by atoms with Gasteiger partial charge in [-0.3, -0.25) is 9.59 Å². The standard InChI is InChI=1S/C9H10F3N3O2.ClH/c10-9(11,12)5-3-6(8(17)14-4-5)15-7(16)1-2-13;/h3-4H,1-2,13H2,(H,14,17)(H,15,16);1H. The van der Waals surface area contributed by atoms with Crippen molar-refractivity contribution < 1.29 is 18.0 Å². The van der Waals surface area contributed by atoms with E-state index in [0.717, 1.165) is 0 Å². The topological polar surface area (TPSA) is 88.0 Å². The molecular formula is C9H11ClF3N3O2. The fourth-order valence-corrected chi connectivity index (χ4v) is 1.08. The molecule has 0 unspecified atom stereocenters. The lowest BCUT2D eigenvalue weighted by Gasteiger charge is -2.08. The SMILES string of the molecule is Cl.NCCC(=O)Nc1cc(C(F)(F)F)c[nH]c1=O. The van der Waals surface area contributed by atoms with E-state index in [1.165, 1.54) is 0 Å². The van der Waals surface area contributed by atoms with Crippen LogP contribution in [0.25, 0.3) is 0 Å². The average Bonchev–Trinajstić information content (AvgIpc) is 2.20. The highest BCUT2D eigenvalue weighted by molar-refractivity contribution is 5.90. The van der Waals surface area contributed by atoms with Crippen LogP contribution in [-0.4, -0.2) is 17.4 Å². The zero-order valence-electron chi connectivity index (χ0n) is 9.00. The van der Waals surface area contributed by atoms with Crippen molar-refractivity contribution in [1.29, 1.82) is 0 Å². The van der Waals surface area contributed by atoms with E-state index in [2.05, 4.69) is 5.32 Å². The van der Waals surface area contributed by atoms with E-state index in [9.17, 15) is 22.8 Å². The molecule has 0 aliphatic carbocycles. The Morgan fingerprint density at radius 1 is 1.44 bits per heavy atom. The fraction of sp³-hybridized carbons (Fsp3) is 0.333. The number of pyridine rings is 1. The van der Waals surface area contributed by atoms with Gasteiger partial charge in [0.05, 0.1) is 5.56 Å². The van der Waals surface area contributed by atoms with E-state index in [1.54, 1.807) is 0 Å². The molecule has 1 aromatic rings. The highest BCUT2D eigenvalue weighted by Gasteiger charge is 2.31. The molecule has 102 valence electrons. The zero-order chi connectivity index (χ0) is 13.1. The molecule has 18 heavy (non-hydrogen) atoms. The van der Waals surface area contributed by atoms with Crippen LogP contribution >= 0.6 is 12.4 Å². The van der Waals surface area contributed by atoms with Gasteiger partial charge >= 0.3 is 6.18 Å². The number of rotatable bonds is 3. The summed E-state index contributed by atoms with van der Waals surface area (Å²) in [5.41, 5.74) is 2.80. The van der Waals surface area contributed by atoms with E-state index in [0.29, 0.717) is 12.3 Å². The number of H-pyrrole nitrogens is 1. The Labute approximate surface area is 106 Å². The van der Waals surface area contributed by atoms with Crippen molar-refractivity contribution in [2.75, 3.05) is 11.9 Å². The van der Waals surface area contributed by atoms with Crippen LogP contribution in [0.5, 0.6) is 0 Å². The Kier molecular flexibility index (Phi) is 5.86. The maximum Gasteiger partial charge on any atom is 0.417 e. The Morgan fingerprint density at radius 3 is 2.56 bits per heavy atom. The Bertz CT molecular complexity index is 473. The van der Waals surface area contributed by atoms with E-state index >= 15 is 0 Å². The van der Waals surface area contributed by atoms with Crippen molar-refractivity contribution in [2.45, 2.75) is 12.6 Å². The molecule has 0 saturated heterocycles. The molecule has 0 saturated carbocycles. The third-order valence-corrected chi connectivity index (χ3v) is 1.88. The zero-order valence-corrected chi connectivity index (χ0v) is 9.82. The molecule has 0 radical (unpaired) electrons. The second-order valence-electron chi connectivity index (χ2n) is 3.22. The van der Waals surface area contributed by atoms with E-state index < -0.39 is 28.9 Å². The number of hydrogen-bond donors (Lipinski definition) is 3. The van der Waals surface area contributed by atoms with E-state index in [-0.39, 0.29) is 25.4 Å². The maximum absolute atomic E-state index is 12.3. The lowest BCUT2D eigenvalue weighted by molar-refractivity contribution is -0.137. The molecule has 0 atom stereocenters. The average molecular weight is 286 g/mol.